The van der Waals surface area contributed by atoms with E-state index in [2.05, 4.69) is 16.9 Å². The number of hydrogen-bond donors (Lipinski definition) is 0. The SMILES string of the molecule is CCCCOc1cnc(-c2ccc3c(F)c(CCc4ccc(F)c(F)c4)ccc3c2)nc1. The molecule has 0 atom stereocenters. The molecule has 4 rings (SSSR count). The second kappa shape index (κ2) is 9.81. The number of unbranched alkanes of at least 4 members (excludes halogenated alkanes) is 1. The summed E-state index contributed by atoms with van der Waals surface area (Å²) in [5.74, 6) is -0.921. The summed E-state index contributed by atoms with van der Waals surface area (Å²) in [5.41, 5.74) is 1.93. The number of hydrogen-bond acceptors (Lipinski definition) is 3. The summed E-state index contributed by atoms with van der Waals surface area (Å²) in [5, 5.41) is 1.24. The molecule has 0 unspecified atom stereocenters. The molecule has 0 fully saturated rings. The molecule has 0 radical (unpaired) electrons. The Hall–Kier alpha value is -3.41. The molecule has 164 valence electrons. The lowest BCUT2D eigenvalue weighted by atomic mass is 9.99. The first-order valence-electron chi connectivity index (χ1n) is 10.7. The summed E-state index contributed by atoms with van der Waals surface area (Å²) in [7, 11) is 0. The third-order valence-electron chi connectivity index (χ3n) is 5.35. The van der Waals surface area contributed by atoms with Gasteiger partial charge in [0.2, 0.25) is 0 Å². The van der Waals surface area contributed by atoms with E-state index in [0.29, 0.717) is 47.5 Å². The zero-order valence-electron chi connectivity index (χ0n) is 17.7. The van der Waals surface area contributed by atoms with E-state index in [1.54, 1.807) is 30.6 Å². The van der Waals surface area contributed by atoms with Gasteiger partial charge < -0.3 is 4.74 Å². The second-order valence-corrected chi connectivity index (χ2v) is 7.67. The van der Waals surface area contributed by atoms with Gasteiger partial charge in [-0.1, -0.05) is 43.7 Å². The number of aryl methyl sites for hydroxylation is 2. The molecule has 0 aliphatic rings. The van der Waals surface area contributed by atoms with Gasteiger partial charge >= 0.3 is 0 Å². The second-order valence-electron chi connectivity index (χ2n) is 7.67. The molecule has 0 aliphatic heterocycles. The van der Waals surface area contributed by atoms with Crippen molar-refractivity contribution in [2.75, 3.05) is 6.61 Å². The molecule has 4 aromatic rings. The highest BCUT2D eigenvalue weighted by Gasteiger charge is 2.11. The lowest BCUT2D eigenvalue weighted by molar-refractivity contribution is 0.307. The predicted octanol–water partition coefficient (Wildman–Crippen LogP) is 6.68. The Morgan fingerprint density at radius 3 is 2.41 bits per heavy atom. The average molecular weight is 436 g/mol. The molecule has 0 N–H and O–H groups in total. The van der Waals surface area contributed by atoms with Gasteiger partial charge in [0, 0.05) is 10.9 Å². The van der Waals surface area contributed by atoms with E-state index in [1.807, 2.05) is 12.1 Å². The fourth-order valence-electron chi connectivity index (χ4n) is 3.52. The number of halogens is 3. The highest BCUT2D eigenvalue weighted by Crippen LogP contribution is 2.27. The monoisotopic (exact) mass is 436 g/mol. The summed E-state index contributed by atoms with van der Waals surface area (Å²) in [6.07, 6.45) is 6.11. The van der Waals surface area contributed by atoms with Gasteiger partial charge in [-0.2, -0.15) is 0 Å². The van der Waals surface area contributed by atoms with Gasteiger partial charge in [0.1, 0.15) is 5.82 Å². The van der Waals surface area contributed by atoms with E-state index in [0.717, 1.165) is 35.9 Å². The van der Waals surface area contributed by atoms with E-state index in [1.165, 1.54) is 6.07 Å². The standard InChI is InChI=1S/C26H23F3N2O/c1-2-3-12-32-21-15-30-26(31-16-21)20-9-10-22-19(14-20)8-7-18(25(22)29)6-4-17-5-11-23(27)24(28)13-17/h5,7-11,13-16H,2-4,6,12H2,1H3. The van der Waals surface area contributed by atoms with Gasteiger partial charge in [0.15, 0.2) is 23.2 Å². The normalized spacial score (nSPS) is 11.1. The van der Waals surface area contributed by atoms with Crippen LogP contribution in [0.5, 0.6) is 5.75 Å². The van der Waals surface area contributed by atoms with Crippen molar-refractivity contribution in [2.45, 2.75) is 32.6 Å². The molecule has 0 saturated carbocycles. The molecule has 0 aliphatic carbocycles. The molecule has 1 aromatic heterocycles. The zero-order valence-corrected chi connectivity index (χ0v) is 17.7. The first-order valence-corrected chi connectivity index (χ1v) is 10.7. The quantitative estimate of drug-likeness (QED) is 0.289. The maximum absolute atomic E-state index is 15.1. The number of rotatable bonds is 8. The number of ether oxygens (including phenoxy) is 1. The fraction of sp³-hybridized carbons (Fsp3) is 0.231. The number of aromatic nitrogens is 2. The maximum Gasteiger partial charge on any atom is 0.159 e. The summed E-state index contributed by atoms with van der Waals surface area (Å²) < 4.78 is 47.1. The van der Waals surface area contributed by atoms with Crippen LogP contribution in [0.4, 0.5) is 13.2 Å². The maximum atomic E-state index is 15.1. The minimum Gasteiger partial charge on any atom is -0.490 e. The van der Waals surface area contributed by atoms with Gasteiger partial charge in [0.25, 0.3) is 0 Å². The van der Waals surface area contributed by atoms with Crippen molar-refractivity contribution in [1.29, 1.82) is 0 Å². The molecule has 32 heavy (non-hydrogen) atoms. The smallest absolute Gasteiger partial charge is 0.159 e. The molecule has 0 saturated heterocycles. The van der Waals surface area contributed by atoms with Crippen LogP contribution in [-0.4, -0.2) is 16.6 Å². The van der Waals surface area contributed by atoms with Crippen molar-refractivity contribution in [2.24, 2.45) is 0 Å². The Balaban J connectivity index is 1.51. The van der Waals surface area contributed by atoms with E-state index in [-0.39, 0.29) is 5.82 Å². The Morgan fingerprint density at radius 2 is 1.66 bits per heavy atom. The fourth-order valence-corrected chi connectivity index (χ4v) is 3.52. The van der Waals surface area contributed by atoms with Crippen LogP contribution in [0.15, 0.2) is 60.9 Å². The summed E-state index contributed by atoms with van der Waals surface area (Å²) in [4.78, 5) is 8.73. The highest BCUT2D eigenvalue weighted by molar-refractivity contribution is 5.87. The van der Waals surface area contributed by atoms with Crippen LogP contribution in [0.1, 0.15) is 30.9 Å². The largest absolute Gasteiger partial charge is 0.490 e. The van der Waals surface area contributed by atoms with Crippen molar-refractivity contribution < 1.29 is 17.9 Å². The van der Waals surface area contributed by atoms with Crippen molar-refractivity contribution in [3.05, 3.63) is 89.5 Å². The minimum absolute atomic E-state index is 0.308. The van der Waals surface area contributed by atoms with Crippen LogP contribution in [0.3, 0.4) is 0 Å². The molecule has 6 heteroatoms. The molecular formula is C26H23F3N2O. The van der Waals surface area contributed by atoms with Crippen LogP contribution >= 0.6 is 0 Å². The van der Waals surface area contributed by atoms with Crippen LogP contribution in [0.2, 0.25) is 0 Å². The van der Waals surface area contributed by atoms with Crippen molar-refractivity contribution in [1.82, 2.24) is 9.97 Å². The van der Waals surface area contributed by atoms with Gasteiger partial charge in [-0.3, -0.25) is 0 Å². The van der Waals surface area contributed by atoms with Crippen LogP contribution in [0, 0.1) is 17.5 Å². The van der Waals surface area contributed by atoms with E-state index < -0.39 is 11.6 Å². The third kappa shape index (κ3) is 4.90. The van der Waals surface area contributed by atoms with E-state index >= 15 is 4.39 Å². The van der Waals surface area contributed by atoms with Gasteiger partial charge in [0.05, 0.1) is 19.0 Å². The average Bonchev–Trinajstić information content (AvgIpc) is 2.81. The zero-order chi connectivity index (χ0) is 22.5. The minimum atomic E-state index is -0.892. The summed E-state index contributed by atoms with van der Waals surface area (Å²) in [6.45, 7) is 2.73. The summed E-state index contributed by atoms with van der Waals surface area (Å²) in [6, 6.07) is 12.7. The Kier molecular flexibility index (Phi) is 6.69. The lowest BCUT2D eigenvalue weighted by Crippen LogP contribution is -1.99. The molecule has 3 aromatic carbocycles. The Labute approximate surface area is 184 Å². The Morgan fingerprint density at radius 1 is 0.844 bits per heavy atom. The van der Waals surface area contributed by atoms with Crippen LogP contribution in [0.25, 0.3) is 22.2 Å². The van der Waals surface area contributed by atoms with Crippen molar-refractivity contribution in [3.8, 4) is 17.1 Å². The molecule has 0 amide bonds. The predicted molar refractivity (Wildman–Crippen MR) is 119 cm³/mol. The lowest BCUT2D eigenvalue weighted by Gasteiger charge is -2.09. The number of fused-ring (bicyclic) bond motifs is 1. The highest BCUT2D eigenvalue weighted by atomic mass is 19.2. The first kappa shape index (κ1) is 21.8. The van der Waals surface area contributed by atoms with Gasteiger partial charge in [-0.25, -0.2) is 23.1 Å². The van der Waals surface area contributed by atoms with Gasteiger partial charge in [-0.15, -0.1) is 0 Å². The molecule has 1 heterocycles. The molecule has 0 spiro atoms. The van der Waals surface area contributed by atoms with E-state index in [4.69, 9.17) is 4.74 Å². The number of nitrogens with zero attached hydrogens (tertiary/aromatic N) is 2. The van der Waals surface area contributed by atoms with Gasteiger partial charge in [-0.05, 0) is 54.0 Å². The van der Waals surface area contributed by atoms with E-state index in [9.17, 15) is 8.78 Å². The van der Waals surface area contributed by atoms with Crippen molar-refractivity contribution >= 4 is 10.8 Å². The van der Waals surface area contributed by atoms with Crippen LogP contribution < -0.4 is 4.74 Å². The van der Waals surface area contributed by atoms with Crippen molar-refractivity contribution in [3.63, 3.8) is 0 Å². The summed E-state index contributed by atoms with van der Waals surface area (Å²) >= 11 is 0. The molecule has 0 bridgehead atoms. The molecular weight excluding hydrogens is 413 g/mol. The number of benzene rings is 3. The Bertz CT molecular complexity index is 1230. The molecule has 3 nitrogen and oxygen atoms in total. The van der Waals surface area contributed by atoms with Crippen LogP contribution in [-0.2, 0) is 12.8 Å². The third-order valence-corrected chi connectivity index (χ3v) is 5.35. The first-order chi connectivity index (χ1) is 15.5. The topological polar surface area (TPSA) is 35.0 Å².